The highest BCUT2D eigenvalue weighted by molar-refractivity contribution is 7.52. The standard InChI is InChI=1S/C36H42F2N5O7PS2/c1-5-22(6-2)31(40-32(45)29-21-24-20-25(11-14-28(24)53-29)36(37,38)51(48,49)50)35(47)43-17-7-8-27(43)34(46)42(18-15-30(44)41(3)4)26-12-9-23(10-13-26)33-39-16-19-52-33/h9-14,16,19-22,27,31H,5-8,15,17-18H2,1-4H3,(H,40,45)(H2,48,49,50)/t27-,31?/m0/s1. The average molecular weight is 790 g/mol. The minimum atomic E-state index is -5.80. The van der Waals surface area contributed by atoms with Crippen molar-refractivity contribution >= 4 is 69.7 Å². The molecule has 1 fully saturated rings. The van der Waals surface area contributed by atoms with Gasteiger partial charge in [0.1, 0.15) is 17.1 Å². The van der Waals surface area contributed by atoms with Gasteiger partial charge in [-0.2, -0.15) is 8.78 Å². The van der Waals surface area contributed by atoms with Gasteiger partial charge in [-0.25, -0.2) is 4.98 Å². The Balaban J connectivity index is 1.40. The zero-order valence-electron chi connectivity index (χ0n) is 29.7. The molecular weight excluding hydrogens is 748 g/mol. The summed E-state index contributed by atoms with van der Waals surface area (Å²) in [4.78, 5) is 82.5. The molecular formula is C36H42F2N5O7PS2. The maximum absolute atomic E-state index is 14.4. The number of carbonyl (C=O) groups excluding carboxylic acids is 4. The van der Waals surface area contributed by atoms with Crippen molar-refractivity contribution < 1.29 is 42.3 Å². The van der Waals surface area contributed by atoms with Gasteiger partial charge in [-0.05, 0) is 66.6 Å². The number of anilines is 1. The number of benzene rings is 2. The molecule has 1 aliphatic heterocycles. The molecule has 1 aliphatic rings. The predicted molar refractivity (Wildman–Crippen MR) is 201 cm³/mol. The zero-order valence-corrected chi connectivity index (χ0v) is 32.2. The summed E-state index contributed by atoms with van der Waals surface area (Å²) in [5, 5.41) is 5.74. The highest BCUT2D eigenvalue weighted by Crippen LogP contribution is 2.59. The Morgan fingerprint density at radius 1 is 1.08 bits per heavy atom. The van der Waals surface area contributed by atoms with Crippen molar-refractivity contribution in [2.75, 3.05) is 32.1 Å². The lowest BCUT2D eigenvalue weighted by Crippen LogP contribution is -2.56. The van der Waals surface area contributed by atoms with Crippen LogP contribution in [0.2, 0.25) is 0 Å². The largest absolute Gasteiger partial charge is 0.399 e. The first-order valence-corrected chi connectivity index (χ1v) is 20.5. The first-order valence-electron chi connectivity index (χ1n) is 17.2. The molecule has 2 aromatic heterocycles. The van der Waals surface area contributed by atoms with Crippen LogP contribution < -0.4 is 10.2 Å². The fourth-order valence-corrected chi connectivity index (χ4v) is 8.52. The molecule has 3 N–H and O–H groups in total. The van der Waals surface area contributed by atoms with Crippen LogP contribution in [-0.2, 0) is 24.6 Å². The van der Waals surface area contributed by atoms with Crippen LogP contribution in [0.4, 0.5) is 14.5 Å². The second-order valence-corrected chi connectivity index (χ2v) is 16.7. The van der Waals surface area contributed by atoms with Gasteiger partial charge in [-0.15, -0.1) is 22.7 Å². The van der Waals surface area contributed by atoms with Gasteiger partial charge in [0.05, 0.1) is 4.88 Å². The average Bonchev–Trinajstić information content (AvgIpc) is 3.92. The van der Waals surface area contributed by atoms with Crippen molar-refractivity contribution in [3.05, 3.63) is 70.5 Å². The highest BCUT2D eigenvalue weighted by Gasteiger charge is 2.50. The molecule has 0 spiro atoms. The smallest absolute Gasteiger partial charge is 0.349 e. The minimum Gasteiger partial charge on any atom is -0.349 e. The number of hydrogen-bond donors (Lipinski definition) is 3. The van der Waals surface area contributed by atoms with Crippen LogP contribution in [0.25, 0.3) is 20.7 Å². The Morgan fingerprint density at radius 3 is 2.38 bits per heavy atom. The third-order valence-electron chi connectivity index (χ3n) is 9.52. The van der Waals surface area contributed by atoms with E-state index in [-0.39, 0.29) is 47.5 Å². The molecule has 0 bridgehead atoms. The Labute approximate surface area is 314 Å². The maximum Gasteiger partial charge on any atom is 0.399 e. The van der Waals surface area contributed by atoms with Gasteiger partial charge >= 0.3 is 13.3 Å². The third-order valence-corrected chi connectivity index (χ3v) is 12.4. The van der Waals surface area contributed by atoms with Crippen LogP contribution in [-0.4, -0.2) is 87.5 Å². The first kappa shape index (κ1) is 40.1. The number of thiophene rings is 1. The quantitative estimate of drug-likeness (QED) is 0.126. The molecule has 5 rings (SSSR count). The molecule has 2 aromatic carbocycles. The predicted octanol–water partition coefficient (Wildman–Crippen LogP) is 6.29. The van der Waals surface area contributed by atoms with E-state index in [0.29, 0.717) is 36.1 Å². The van der Waals surface area contributed by atoms with E-state index in [1.165, 1.54) is 38.2 Å². The maximum atomic E-state index is 14.4. The molecule has 17 heteroatoms. The van der Waals surface area contributed by atoms with Gasteiger partial charge in [-0.1, -0.05) is 32.8 Å². The van der Waals surface area contributed by atoms with E-state index in [2.05, 4.69) is 10.3 Å². The van der Waals surface area contributed by atoms with E-state index in [9.17, 15) is 42.3 Å². The van der Waals surface area contributed by atoms with Gasteiger partial charge in [0, 0.05) is 66.7 Å². The number of aromatic nitrogens is 1. The Kier molecular flexibility index (Phi) is 12.5. The SMILES string of the molecule is CCC(CC)C(NC(=O)c1cc2cc(C(F)(F)P(=O)(O)O)ccc2s1)C(=O)N1CCC[C@H]1C(=O)N(CCC(=O)N(C)C)c1ccc(-c2nccs2)cc1. The summed E-state index contributed by atoms with van der Waals surface area (Å²) < 4.78 is 40.7. The van der Waals surface area contributed by atoms with Crippen LogP contribution in [0, 0.1) is 5.92 Å². The number of halogens is 2. The van der Waals surface area contributed by atoms with E-state index >= 15 is 0 Å². The van der Waals surface area contributed by atoms with Crippen molar-refractivity contribution in [3.63, 3.8) is 0 Å². The van der Waals surface area contributed by atoms with Crippen molar-refractivity contribution in [1.29, 1.82) is 0 Å². The number of thiazole rings is 1. The Bertz CT molecular complexity index is 2000. The van der Waals surface area contributed by atoms with Crippen LogP contribution >= 0.6 is 30.3 Å². The fraction of sp³-hybridized carbons (Fsp3) is 0.417. The highest BCUT2D eigenvalue weighted by atomic mass is 32.1. The molecule has 53 heavy (non-hydrogen) atoms. The third kappa shape index (κ3) is 8.68. The van der Waals surface area contributed by atoms with E-state index in [1.54, 1.807) is 32.4 Å². The van der Waals surface area contributed by atoms with Gasteiger partial charge in [0.2, 0.25) is 17.7 Å². The number of likely N-dealkylation sites (tertiary alicyclic amines) is 1. The van der Waals surface area contributed by atoms with Gasteiger partial charge in [-0.3, -0.25) is 23.7 Å². The molecule has 4 aromatic rings. The summed E-state index contributed by atoms with van der Waals surface area (Å²) in [5.74, 6) is -1.84. The van der Waals surface area contributed by atoms with Crippen molar-refractivity contribution in [2.45, 2.75) is 63.7 Å². The number of alkyl halides is 2. The Hall–Kier alpha value is -4.08. The second-order valence-electron chi connectivity index (χ2n) is 13.1. The van der Waals surface area contributed by atoms with E-state index in [4.69, 9.17) is 0 Å². The minimum absolute atomic E-state index is 0.0632. The number of carbonyl (C=O) groups is 4. The first-order chi connectivity index (χ1) is 25.1. The van der Waals surface area contributed by atoms with Crippen LogP contribution in [0.1, 0.15) is 61.2 Å². The molecule has 1 unspecified atom stereocenters. The van der Waals surface area contributed by atoms with Crippen LogP contribution in [0.3, 0.4) is 0 Å². The summed E-state index contributed by atoms with van der Waals surface area (Å²) in [6.45, 7) is 4.17. The summed E-state index contributed by atoms with van der Waals surface area (Å²) in [5.41, 5.74) is -3.85. The summed E-state index contributed by atoms with van der Waals surface area (Å²) in [6, 6.07) is 9.92. The number of amides is 4. The van der Waals surface area contributed by atoms with Crippen molar-refractivity contribution in [1.82, 2.24) is 20.1 Å². The number of fused-ring (bicyclic) bond motifs is 1. The lowest BCUT2D eigenvalue weighted by molar-refractivity contribution is -0.140. The van der Waals surface area contributed by atoms with E-state index < -0.39 is 42.7 Å². The van der Waals surface area contributed by atoms with Crippen LogP contribution in [0.5, 0.6) is 0 Å². The molecule has 0 aliphatic carbocycles. The molecule has 3 heterocycles. The number of nitrogens with zero attached hydrogens (tertiary/aromatic N) is 4. The van der Waals surface area contributed by atoms with E-state index in [1.807, 2.05) is 31.4 Å². The van der Waals surface area contributed by atoms with Crippen LogP contribution in [0.15, 0.2) is 60.1 Å². The number of hydrogen-bond acceptors (Lipinski definition) is 8. The van der Waals surface area contributed by atoms with E-state index in [0.717, 1.165) is 34.0 Å². The summed E-state index contributed by atoms with van der Waals surface area (Å²) in [6.07, 6.45) is 3.79. The summed E-state index contributed by atoms with van der Waals surface area (Å²) >= 11 is 2.47. The molecule has 284 valence electrons. The molecule has 0 radical (unpaired) electrons. The number of rotatable bonds is 14. The zero-order chi connectivity index (χ0) is 38.7. The van der Waals surface area contributed by atoms with Gasteiger partial charge in [0.25, 0.3) is 5.91 Å². The lowest BCUT2D eigenvalue weighted by atomic mass is 9.92. The molecule has 1 saturated heterocycles. The molecule has 2 atom stereocenters. The topological polar surface area (TPSA) is 160 Å². The number of nitrogens with one attached hydrogen (secondary N) is 1. The summed E-state index contributed by atoms with van der Waals surface area (Å²) in [7, 11) is -2.52. The monoisotopic (exact) mass is 789 g/mol. The molecule has 4 amide bonds. The normalized spacial score (nSPS) is 15.5. The van der Waals surface area contributed by atoms with Crippen molar-refractivity contribution in [3.8, 4) is 10.6 Å². The van der Waals surface area contributed by atoms with Gasteiger partial charge in [0.15, 0.2) is 0 Å². The molecule has 12 nitrogen and oxygen atoms in total. The fourth-order valence-electron chi connectivity index (χ4n) is 6.46. The Morgan fingerprint density at radius 2 is 1.77 bits per heavy atom. The van der Waals surface area contributed by atoms with Crippen molar-refractivity contribution in [2.24, 2.45) is 5.92 Å². The second kappa shape index (κ2) is 16.5. The lowest BCUT2D eigenvalue weighted by Gasteiger charge is -2.34. The van der Waals surface area contributed by atoms with Gasteiger partial charge < -0.3 is 29.8 Å². The molecule has 0 saturated carbocycles.